The van der Waals surface area contributed by atoms with Crippen molar-refractivity contribution < 1.29 is 24.0 Å². The molecule has 0 bridgehead atoms. The first-order chi connectivity index (χ1) is 14.2. The van der Waals surface area contributed by atoms with E-state index in [-0.39, 0.29) is 29.7 Å². The van der Waals surface area contributed by atoms with E-state index in [2.05, 4.69) is 4.99 Å². The summed E-state index contributed by atoms with van der Waals surface area (Å²) in [5, 5.41) is 11.0. The summed E-state index contributed by atoms with van der Waals surface area (Å²) in [5.74, 6) is -0.341. The fourth-order valence-corrected chi connectivity index (χ4v) is 3.10. The van der Waals surface area contributed by atoms with Crippen molar-refractivity contribution >= 4 is 29.6 Å². The van der Waals surface area contributed by atoms with Crippen molar-refractivity contribution in [2.75, 3.05) is 0 Å². The summed E-state index contributed by atoms with van der Waals surface area (Å²) in [4.78, 5) is 38.6. The molecule has 154 valence electrons. The number of cyclic esters (lactones) is 1. The molecule has 0 N–H and O–H groups in total. The predicted octanol–water partition coefficient (Wildman–Crippen LogP) is 4.18. The van der Waals surface area contributed by atoms with E-state index in [0.717, 1.165) is 11.1 Å². The van der Waals surface area contributed by atoms with E-state index >= 15 is 0 Å². The van der Waals surface area contributed by atoms with Gasteiger partial charge in [-0.05, 0) is 67.8 Å². The Labute approximate surface area is 173 Å². The Morgan fingerprint density at radius 3 is 2.40 bits per heavy atom. The highest BCUT2D eigenvalue weighted by atomic mass is 16.6. The zero-order valence-electron chi connectivity index (χ0n) is 17.0. The molecule has 0 aliphatic carbocycles. The molecule has 0 spiro atoms. The van der Waals surface area contributed by atoms with Crippen LogP contribution in [0.5, 0.6) is 5.75 Å². The number of ether oxygens (including phenoxy) is 2. The van der Waals surface area contributed by atoms with Crippen LogP contribution in [0, 0.1) is 30.9 Å². The van der Waals surface area contributed by atoms with E-state index in [1.165, 1.54) is 12.1 Å². The molecule has 3 rings (SSSR count). The number of hydrogen-bond donors (Lipinski definition) is 0. The highest BCUT2D eigenvalue weighted by molar-refractivity contribution is 6.13. The van der Waals surface area contributed by atoms with E-state index in [4.69, 9.17) is 9.47 Å². The first-order valence-electron chi connectivity index (χ1n) is 9.29. The van der Waals surface area contributed by atoms with Crippen LogP contribution < -0.4 is 4.74 Å². The Morgan fingerprint density at radius 2 is 1.83 bits per heavy atom. The number of nitrogens with zero attached hydrogens (tertiary/aromatic N) is 2. The lowest BCUT2D eigenvalue weighted by molar-refractivity contribution is -0.385. The largest absolute Gasteiger partial charge is 0.426 e. The third-order valence-corrected chi connectivity index (χ3v) is 4.55. The minimum atomic E-state index is -0.613. The smallest absolute Gasteiger partial charge is 0.363 e. The fourth-order valence-electron chi connectivity index (χ4n) is 3.10. The van der Waals surface area contributed by atoms with Gasteiger partial charge in [-0.2, -0.15) is 0 Å². The Kier molecular flexibility index (Phi) is 5.77. The molecule has 0 aromatic heterocycles. The molecule has 0 amide bonds. The number of carbonyl (C=O) groups excluding carboxylic acids is 2. The van der Waals surface area contributed by atoms with E-state index < -0.39 is 10.9 Å². The SMILES string of the molecule is CCC(=O)Oc1c(C)cc(/C=C2\N=C(c3ccc([N+](=O)[O-])c(C)c3)OC2=O)cc1C. The zero-order valence-corrected chi connectivity index (χ0v) is 17.0. The standard InChI is InChI=1S/C22H20N2O6/c1-5-19(25)29-20-13(3)8-15(9-14(20)4)11-17-22(26)30-21(23-17)16-6-7-18(24(27)28)12(2)10-16/h6-11H,5H2,1-4H3/b17-11-. The van der Waals surface area contributed by atoms with Gasteiger partial charge in [0, 0.05) is 23.6 Å². The summed E-state index contributed by atoms with van der Waals surface area (Å²) in [6, 6.07) is 7.97. The maximum Gasteiger partial charge on any atom is 0.363 e. The Bertz CT molecular complexity index is 1110. The Hall–Kier alpha value is -3.81. The number of esters is 2. The number of benzene rings is 2. The van der Waals surface area contributed by atoms with Crippen LogP contribution in [0.1, 0.15) is 41.2 Å². The summed E-state index contributed by atoms with van der Waals surface area (Å²) in [6.45, 7) is 6.96. The molecule has 0 fully saturated rings. The molecule has 0 saturated heterocycles. The zero-order chi connectivity index (χ0) is 22.0. The second kappa shape index (κ2) is 8.28. The maximum atomic E-state index is 12.3. The molecule has 0 unspecified atom stereocenters. The van der Waals surface area contributed by atoms with Crippen LogP contribution in [0.15, 0.2) is 41.0 Å². The van der Waals surface area contributed by atoms with Crippen LogP contribution in [-0.4, -0.2) is 22.8 Å². The molecule has 8 heteroatoms. The second-order valence-electron chi connectivity index (χ2n) is 6.91. The summed E-state index contributed by atoms with van der Waals surface area (Å²) in [7, 11) is 0. The topological polar surface area (TPSA) is 108 Å². The number of aliphatic imine (C=N–C) groups is 1. The molecular weight excluding hydrogens is 388 g/mol. The quantitative estimate of drug-likeness (QED) is 0.241. The van der Waals surface area contributed by atoms with E-state index in [9.17, 15) is 19.7 Å². The monoisotopic (exact) mass is 408 g/mol. The molecule has 1 aliphatic heterocycles. The predicted molar refractivity (Wildman–Crippen MR) is 110 cm³/mol. The van der Waals surface area contributed by atoms with Crippen molar-refractivity contribution in [3.05, 3.63) is 74.0 Å². The third kappa shape index (κ3) is 4.27. The van der Waals surface area contributed by atoms with Gasteiger partial charge in [0.2, 0.25) is 5.90 Å². The molecule has 1 heterocycles. The number of carbonyl (C=O) groups is 2. The van der Waals surface area contributed by atoms with Gasteiger partial charge < -0.3 is 9.47 Å². The highest BCUT2D eigenvalue weighted by Crippen LogP contribution is 2.28. The van der Waals surface area contributed by atoms with Gasteiger partial charge in [0.1, 0.15) is 5.75 Å². The minimum Gasteiger partial charge on any atom is -0.426 e. The Balaban J connectivity index is 1.92. The molecule has 0 radical (unpaired) electrons. The lowest BCUT2D eigenvalue weighted by Gasteiger charge is -2.11. The van der Waals surface area contributed by atoms with Gasteiger partial charge in [0.15, 0.2) is 5.70 Å². The molecule has 0 atom stereocenters. The number of rotatable bonds is 5. The maximum absolute atomic E-state index is 12.3. The van der Waals surface area contributed by atoms with E-state index in [0.29, 0.717) is 22.4 Å². The lowest BCUT2D eigenvalue weighted by atomic mass is 10.0. The van der Waals surface area contributed by atoms with Crippen molar-refractivity contribution in [2.24, 2.45) is 4.99 Å². The number of aryl methyl sites for hydroxylation is 3. The van der Waals surface area contributed by atoms with Crippen molar-refractivity contribution in [3.8, 4) is 5.75 Å². The summed E-state index contributed by atoms with van der Waals surface area (Å²) < 4.78 is 10.6. The van der Waals surface area contributed by atoms with Crippen molar-refractivity contribution in [1.29, 1.82) is 0 Å². The van der Waals surface area contributed by atoms with Crippen LogP contribution in [0.3, 0.4) is 0 Å². The third-order valence-electron chi connectivity index (χ3n) is 4.55. The van der Waals surface area contributed by atoms with Crippen LogP contribution in [0.2, 0.25) is 0 Å². The second-order valence-corrected chi connectivity index (χ2v) is 6.91. The van der Waals surface area contributed by atoms with Gasteiger partial charge in [0.05, 0.1) is 4.92 Å². The summed E-state index contributed by atoms with van der Waals surface area (Å²) >= 11 is 0. The molecule has 2 aromatic carbocycles. The number of hydrogen-bond acceptors (Lipinski definition) is 7. The molecule has 8 nitrogen and oxygen atoms in total. The van der Waals surface area contributed by atoms with Gasteiger partial charge in [-0.1, -0.05) is 6.92 Å². The van der Waals surface area contributed by atoms with Crippen molar-refractivity contribution in [2.45, 2.75) is 34.1 Å². The van der Waals surface area contributed by atoms with Crippen LogP contribution in [-0.2, 0) is 14.3 Å². The molecule has 30 heavy (non-hydrogen) atoms. The van der Waals surface area contributed by atoms with Gasteiger partial charge in [-0.15, -0.1) is 0 Å². The van der Waals surface area contributed by atoms with Gasteiger partial charge in [-0.3, -0.25) is 14.9 Å². The van der Waals surface area contributed by atoms with Crippen LogP contribution in [0.4, 0.5) is 5.69 Å². The van der Waals surface area contributed by atoms with Crippen LogP contribution >= 0.6 is 0 Å². The first-order valence-corrected chi connectivity index (χ1v) is 9.29. The molecule has 2 aromatic rings. The molecule has 1 aliphatic rings. The van der Waals surface area contributed by atoms with Gasteiger partial charge in [0.25, 0.3) is 5.69 Å². The highest BCUT2D eigenvalue weighted by Gasteiger charge is 2.25. The van der Waals surface area contributed by atoms with Gasteiger partial charge >= 0.3 is 11.9 Å². The van der Waals surface area contributed by atoms with Gasteiger partial charge in [-0.25, -0.2) is 9.79 Å². The van der Waals surface area contributed by atoms with E-state index in [1.807, 2.05) is 13.8 Å². The fraction of sp³-hybridized carbons (Fsp3) is 0.227. The normalized spacial score (nSPS) is 14.5. The number of nitro groups is 1. The van der Waals surface area contributed by atoms with Crippen LogP contribution in [0.25, 0.3) is 6.08 Å². The average Bonchev–Trinajstić information content (AvgIpc) is 3.04. The minimum absolute atomic E-state index is 0.0192. The summed E-state index contributed by atoms with van der Waals surface area (Å²) in [5.41, 5.74) is 3.22. The first kappa shape index (κ1) is 20.9. The molecular formula is C22H20N2O6. The van der Waals surface area contributed by atoms with Crippen molar-refractivity contribution in [3.63, 3.8) is 0 Å². The van der Waals surface area contributed by atoms with E-state index in [1.54, 1.807) is 38.1 Å². The summed E-state index contributed by atoms with van der Waals surface area (Å²) in [6.07, 6.45) is 1.86. The lowest BCUT2D eigenvalue weighted by Crippen LogP contribution is -2.08. The van der Waals surface area contributed by atoms with Crippen molar-refractivity contribution in [1.82, 2.24) is 0 Å². The Morgan fingerprint density at radius 1 is 1.17 bits per heavy atom. The average molecular weight is 408 g/mol. The molecule has 0 saturated carbocycles. The number of nitro benzene ring substituents is 1.